The van der Waals surface area contributed by atoms with Gasteiger partial charge in [-0.1, -0.05) is 0 Å². The van der Waals surface area contributed by atoms with E-state index in [2.05, 4.69) is 10.6 Å². The molecule has 0 radical (unpaired) electrons. The molecule has 25 heavy (non-hydrogen) atoms. The number of carbonyl (C=O) groups is 3. The number of aliphatic carboxylic acids is 1. The Labute approximate surface area is 148 Å². The third-order valence-electron chi connectivity index (χ3n) is 4.29. The summed E-state index contributed by atoms with van der Waals surface area (Å²) in [5.74, 6) is -1.60. The van der Waals surface area contributed by atoms with E-state index in [0.717, 1.165) is 0 Å². The van der Waals surface area contributed by atoms with Crippen molar-refractivity contribution < 1.29 is 23.9 Å². The molecule has 0 atom stereocenters. The summed E-state index contributed by atoms with van der Waals surface area (Å²) < 4.78 is 5.04. The molecule has 2 heterocycles. The van der Waals surface area contributed by atoms with Gasteiger partial charge in [0.1, 0.15) is 5.00 Å². The van der Waals surface area contributed by atoms with E-state index in [1.54, 1.807) is 23.6 Å². The number of carboxylic acid groups (broad SMARTS) is 1. The summed E-state index contributed by atoms with van der Waals surface area (Å²) in [5.41, 5.74) is 0.394. The van der Waals surface area contributed by atoms with E-state index < -0.39 is 11.9 Å². The number of amides is 2. The van der Waals surface area contributed by atoms with Crippen molar-refractivity contribution in [2.75, 3.05) is 5.32 Å². The van der Waals surface area contributed by atoms with E-state index in [1.807, 2.05) is 0 Å². The number of carbonyl (C=O) groups excluding carboxylic acids is 2. The van der Waals surface area contributed by atoms with Crippen molar-refractivity contribution in [1.82, 2.24) is 5.32 Å². The van der Waals surface area contributed by atoms with E-state index in [0.29, 0.717) is 36.2 Å². The van der Waals surface area contributed by atoms with Crippen molar-refractivity contribution in [2.24, 2.45) is 5.92 Å². The second kappa shape index (κ2) is 7.52. The van der Waals surface area contributed by atoms with Gasteiger partial charge in [-0.05, 0) is 49.3 Å². The highest BCUT2D eigenvalue weighted by Gasteiger charge is 2.27. The number of hydrogen-bond donors (Lipinski definition) is 3. The van der Waals surface area contributed by atoms with E-state index in [-0.39, 0.29) is 23.6 Å². The summed E-state index contributed by atoms with van der Waals surface area (Å²) in [6.45, 7) is 0. The molecule has 0 saturated heterocycles. The molecule has 1 aliphatic carbocycles. The van der Waals surface area contributed by atoms with Gasteiger partial charge in [0, 0.05) is 6.04 Å². The van der Waals surface area contributed by atoms with E-state index in [4.69, 9.17) is 9.52 Å². The average Bonchev–Trinajstić information content (AvgIpc) is 3.27. The lowest BCUT2D eigenvalue weighted by Crippen LogP contribution is -2.38. The monoisotopic (exact) mass is 362 g/mol. The van der Waals surface area contributed by atoms with Crippen molar-refractivity contribution in [3.8, 4) is 0 Å². The van der Waals surface area contributed by atoms with Gasteiger partial charge in [-0.15, -0.1) is 11.3 Å². The van der Waals surface area contributed by atoms with Gasteiger partial charge < -0.3 is 20.2 Å². The predicted molar refractivity (Wildman–Crippen MR) is 91.8 cm³/mol. The first-order chi connectivity index (χ1) is 12.0. The summed E-state index contributed by atoms with van der Waals surface area (Å²) in [5, 5.41) is 16.8. The molecule has 2 aromatic rings. The van der Waals surface area contributed by atoms with Gasteiger partial charge in [0.2, 0.25) is 0 Å². The molecular weight excluding hydrogens is 344 g/mol. The average molecular weight is 362 g/mol. The third kappa shape index (κ3) is 4.08. The van der Waals surface area contributed by atoms with Crippen LogP contribution in [0.2, 0.25) is 0 Å². The molecule has 3 rings (SSSR count). The van der Waals surface area contributed by atoms with Crippen molar-refractivity contribution >= 4 is 34.1 Å². The summed E-state index contributed by atoms with van der Waals surface area (Å²) in [6.07, 6.45) is 3.81. The maximum Gasteiger partial charge on any atom is 0.306 e. The molecule has 0 unspecified atom stereocenters. The Balaban J connectivity index is 1.59. The quantitative estimate of drug-likeness (QED) is 0.758. The van der Waals surface area contributed by atoms with Crippen LogP contribution in [0.4, 0.5) is 5.00 Å². The Morgan fingerprint density at radius 3 is 2.52 bits per heavy atom. The normalized spacial score (nSPS) is 20.0. The number of hydrogen-bond acceptors (Lipinski definition) is 5. The van der Waals surface area contributed by atoms with Crippen LogP contribution in [-0.4, -0.2) is 28.9 Å². The van der Waals surface area contributed by atoms with Gasteiger partial charge in [0.15, 0.2) is 5.76 Å². The van der Waals surface area contributed by atoms with Crippen LogP contribution in [0, 0.1) is 5.92 Å². The van der Waals surface area contributed by atoms with Crippen LogP contribution in [0.15, 0.2) is 34.3 Å². The van der Waals surface area contributed by atoms with Crippen molar-refractivity contribution in [3.05, 3.63) is 41.2 Å². The highest BCUT2D eigenvalue weighted by atomic mass is 32.1. The first kappa shape index (κ1) is 17.2. The van der Waals surface area contributed by atoms with Gasteiger partial charge in [-0.3, -0.25) is 14.4 Å². The fraction of sp³-hybridized carbons (Fsp3) is 0.353. The molecule has 1 aliphatic rings. The van der Waals surface area contributed by atoms with Crippen molar-refractivity contribution in [3.63, 3.8) is 0 Å². The molecule has 0 bridgehead atoms. The summed E-state index contributed by atoms with van der Waals surface area (Å²) in [4.78, 5) is 35.5. The number of furan rings is 1. The van der Waals surface area contributed by atoms with Gasteiger partial charge >= 0.3 is 5.97 Å². The third-order valence-corrected chi connectivity index (χ3v) is 5.12. The smallest absolute Gasteiger partial charge is 0.306 e. The summed E-state index contributed by atoms with van der Waals surface area (Å²) in [7, 11) is 0. The lowest BCUT2D eigenvalue weighted by Gasteiger charge is -2.26. The molecule has 1 fully saturated rings. The van der Waals surface area contributed by atoms with Gasteiger partial charge in [-0.2, -0.15) is 0 Å². The Kier molecular flexibility index (Phi) is 5.18. The predicted octanol–water partition coefficient (Wildman–Crippen LogP) is 2.97. The number of nitrogens with one attached hydrogen (secondary N) is 2. The molecular formula is C17H18N2O5S. The van der Waals surface area contributed by atoms with Crippen LogP contribution in [0.3, 0.4) is 0 Å². The highest BCUT2D eigenvalue weighted by molar-refractivity contribution is 7.14. The van der Waals surface area contributed by atoms with Crippen LogP contribution in [0.25, 0.3) is 0 Å². The number of thiophene rings is 1. The van der Waals surface area contributed by atoms with E-state index in [9.17, 15) is 14.4 Å². The zero-order valence-corrected chi connectivity index (χ0v) is 14.2. The molecule has 132 valence electrons. The molecule has 0 aliphatic heterocycles. The van der Waals surface area contributed by atoms with Gasteiger partial charge in [0.05, 0.1) is 17.7 Å². The van der Waals surface area contributed by atoms with Crippen molar-refractivity contribution in [2.45, 2.75) is 31.7 Å². The largest absolute Gasteiger partial charge is 0.481 e. The van der Waals surface area contributed by atoms with Crippen molar-refractivity contribution in [1.29, 1.82) is 0 Å². The standard InChI is InChI=1S/C17H18N2O5S/c20-14(18-11-5-3-10(4-6-11)17(22)23)12-7-9-25-16(12)19-15(21)13-2-1-8-24-13/h1-2,7-11H,3-6H2,(H,18,20)(H,19,21)(H,22,23). The van der Waals surface area contributed by atoms with Crippen LogP contribution in [-0.2, 0) is 4.79 Å². The molecule has 3 N–H and O–H groups in total. The Morgan fingerprint density at radius 1 is 1.12 bits per heavy atom. The van der Waals surface area contributed by atoms with Crippen LogP contribution >= 0.6 is 11.3 Å². The molecule has 8 heteroatoms. The van der Waals surface area contributed by atoms with Crippen LogP contribution in [0.5, 0.6) is 0 Å². The first-order valence-electron chi connectivity index (χ1n) is 8.00. The lowest BCUT2D eigenvalue weighted by molar-refractivity contribution is -0.142. The molecule has 0 spiro atoms. The Morgan fingerprint density at radius 2 is 1.88 bits per heavy atom. The second-order valence-corrected chi connectivity index (χ2v) is 6.87. The summed E-state index contributed by atoms with van der Waals surface area (Å²) in [6, 6.07) is 4.77. The first-order valence-corrected chi connectivity index (χ1v) is 8.88. The zero-order valence-electron chi connectivity index (χ0n) is 13.4. The summed E-state index contributed by atoms with van der Waals surface area (Å²) >= 11 is 1.26. The maximum absolute atomic E-state index is 12.5. The van der Waals surface area contributed by atoms with Gasteiger partial charge in [-0.25, -0.2) is 0 Å². The fourth-order valence-corrected chi connectivity index (χ4v) is 3.68. The van der Waals surface area contributed by atoms with Crippen LogP contribution in [0.1, 0.15) is 46.6 Å². The SMILES string of the molecule is O=C(Nc1sccc1C(=O)NC1CCC(C(=O)O)CC1)c1ccco1. The topological polar surface area (TPSA) is 109 Å². The fourth-order valence-electron chi connectivity index (χ4n) is 2.91. The number of anilines is 1. The second-order valence-electron chi connectivity index (χ2n) is 5.96. The van der Waals surface area contributed by atoms with Gasteiger partial charge in [0.25, 0.3) is 11.8 Å². The Bertz CT molecular complexity index is 760. The zero-order chi connectivity index (χ0) is 17.8. The maximum atomic E-state index is 12.5. The van der Waals surface area contributed by atoms with E-state index in [1.165, 1.54) is 17.6 Å². The Hall–Kier alpha value is -2.61. The number of carboxylic acids is 1. The lowest BCUT2D eigenvalue weighted by atomic mass is 9.86. The minimum atomic E-state index is -0.773. The molecule has 2 aromatic heterocycles. The minimum absolute atomic E-state index is 0.0448. The molecule has 7 nitrogen and oxygen atoms in total. The highest BCUT2D eigenvalue weighted by Crippen LogP contribution is 2.27. The molecule has 1 saturated carbocycles. The molecule has 2 amide bonds. The van der Waals surface area contributed by atoms with Crippen LogP contribution < -0.4 is 10.6 Å². The molecule has 0 aromatic carbocycles. The number of rotatable bonds is 5. The van der Waals surface area contributed by atoms with E-state index >= 15 is 0 Å². The minimum Gasteiger partial charge on any atom is -0.481 e.